The Labute approximate surface area is 185 Å². The predicted octanol–water partition coefficient (Wildman–Crippen LogP) is 1.57. The first-order valence-electron chi connectivity index (χ1n) is 11.7. The van der Waals surface area contributed by atoms with Gasteiger partial charge in [-0.25, -0.2) is 4.39 Å². The third-order valence-electron chi connectivity index (χ3n) is 6.52. The van der Waals surface area contributed by atoms with Crippen LogP contribution in [0.25, 0.3) is 0 Å². The van der Waals surface area contributed by atoms with Crippen LogP contribution >= 0.6 is 0 Å². The number of aliphatic imine (C=N–C) groups is 1. The van der Waals surface area contributed by atoms with E-state index in [9.17, 15) is 4.39 Å². The zero-order valence-corrected chi connectivity index (χ0v) is 18.6. The van der Waals surface area contributed by atoms with Crippen molar-refractivity contribution in [2.75, 3.05) is 78.8 Å². The van der Waals surface area contributed by atoms with Crippen LogP contribution in [0.2, 0.25) is 0 Å². The predicted molar refractivity (Wildman–Crippen MR) is 120 cm³/mol. The lowest BCUT2D eigenvalue weighted by atomic mass is 10.0. The molecule has 0 bridgehead atoms. The minimum atomic E-state index is -0.201. The molecule has 0 spiro atoms. The minimum Gasteiger partial charge on any atom is -0.379 e. The van der Waals surface area contributed by atoms with Crippen molar-refractivity contribution in [2.45, 2.75) is 25.4 Å². The Bertz CT molecular complexity index is 704. The van der Waals surface area contributed by atoms with E-state index in [0.29, 0.717) is 12.6 Å². The van der Waals surface area contributed by atoms with Crippen LogP contribution < -0.4 is 5.32 Å². The van der Waals surface area contributed by atoms with Crippen molar-refractivity contribution in [3.8, 4) is 0 Å². The molecule has 3 saturated heterocycles. The molecule has 1 aromatic rings. The number of benzene rings is 1. The maximum Gasteiger partial charge on any atom is 0.194 e. The molecular weight excluding hydrogens is 397 g/mol. The van der Waals surface area contributed by atoms with E-state index in [1.54, 1.807) is 12.1 Å². The molecule has 2 atom stereocenters. The molecule has 0 amide bonds. The summed E-state index contributed by atoms with van der Waals surface area (Å²) in [5, 5.41) is 3.50. The fraction of sp³-hybridized carbons (Fsp3) is 0.696. The van der Waals surface area contributed by atoms with Gasteiger partial charge in [0.15, 0.2) is 5.96 Å². The number of hydrogen-bond acceptors (Lipinski definition) is 5. The zero-order chi connectivity index (χ0) is 21.5. The van der Waals surface area contributed by atoms with E-state index in [1.807, 2.05) is 12.1 Å². The normalized spacial score (nSPS) is 25.0. The highest BCUT2D eigenvalue weighted by Crippen LogP contribution is 2.23. The fourth-order valence-electron chi connectivity index (χ4n) is 4.78. The van der Waals surface area contributed by atoms with Gasteiger partial charge in [-0.1, -0.05) is 12.1 Å². The number of likely N-dealkylation sites (tertiary alicyclic amines) is 1. The van der Waals surface area contributed by atoms with Gasteiger partial charge in [-0.05, 0) is 31.0 Å². The van der Waals surface area contributed by atoms with E-state index in [1.165, 1.54) is 0 Å². The van der Waals surface area contributed by atoms with E-state index < -0.39 is 0 Å². The summed E-state index contributed by atoms with van der Waals surface area (Å²) in [6.07, 6.45) is 1.16. The van der Waals surface area contributed by atoms with Crippen molar-refractivity contribution in [2.24, 2.45) is 4.99 Å². The Morgan fingerprint density at radius 2 is 1.74 bits per heavy atom. The maximum absolute atomic E-state index is 13.5. The first kappa shape index (κ1) is 22.5. The number of nitrogens with zero attached hydrogens (tertiary/aromatic N) is 4. The van der Waals surface area contributed by atoms with Crippen LogP contribution in [0.3, 0.4) is 0 Å². The summed E-state index contributed by atoms with van der Waals surface area (Å²) in [4.78, 5) is 12.4. The second-order valence-corrected chi connectivity index (χ2v) is 8.45. The number of ether oxygens (including phenoxy) is 2. The Kier molecular flexibility index (Phi) is 8.13. The third kappa shape index (κ3) is 5.94. The number of hydrogen-bond donors (Lipinski definition) is 1. The van der Waals surface area contributed by atoms with Crippen molar-refractivity contribution in [3.63, 3.8) is 0 Å². The first-order valence-corrected chi connectivity index (χ1v) is 11.7. The monoisotopic (exact) mass is 433 g/mol. The first-order chi connectivity index (χ1) is 15.2. The number of guanidine groups is 1. The van der Waals surface area contributed by atoms with Crippen molar-refractivity contribution >= 4 is 5.96 Å². The van der Waals surface area contributed by atoms with Gasteiger partial charge in [-0.15, -0.1) is 0 Å². The smallest absolute Gasteiger partial charge is 0.194 e. The highest BCUT2D eigenvalue weighted by molar-refractivity contribution is 5.80. The van der Waals surface area contributed by atoms with E-state index >= 15 is 0 Å². The number of halogens is 1. The van der Waals surface area contributed by atoms with Gasteiger partial charge in [0.2, 0.25) is 0 Å². The number of nitrogens with one attached hydrogen (secondary N) is 1. The molecule has 3 fully saturated rings. The molecule has 1 N–H and O–H groups in total. The summed E-state index contributed by atoms with van der Waals surface area (Å²) in [6, 6.07) is 7.57. The molecule has 3 aliphatic rings. The van der Waals surface area contributed by atoms with Crippen LogP contribution in [0.5, 0.6) is 0 Å². The number of rotatable bonds is 6. The van der Waals surface area contributed by atoms with Crippen LogP contribution in [0.15, 0.2) is 29.3 Å². The van der Waals surface area contributed by atoms with Crippen molar-refractivity contribution in [1.29, 1.82) is 0 Å². The Balaban J connectivity index is 1.46. The molecule has 2 unspecified atom stereocenters. The molecular formula is C23H36FN5O2. The molecule has 0 aromatic heterocycles. The quantitative estimate of drug-likeness (QED) is 0.543. The highest BCUT2D eigenvalue weighted by atomic mass is 19.1. The summed E-state index contributed by atoms with van der Waals surface area (Å²) in [6.45, 7) is 12.6. The zero-order valence-electron chi connectivity index (χ0n) is 18.6. The van der Waals surface area contributed by atoms with Gasteiger partial charge in [0, 0.05) is 51.9 Å². The van der Waals surface area contributed by atoms with Gasteiger partial charge < -0.3 is 19.7 Å². The Morgan fingerprint density at radius 1 is 1.06 bits per heavy atom. The van der Waals surface area contributed by atoms with Gasteiger partial charge in [0.1, 0.15) is 5.82 Å². The molecule has 7 nitrogen and oxygen atoms in total. The van der Waals surface area contributed by atoms with Crippen LogP contribution in [0.4, 0.5) is 4.39 Å². The highest BCUT2D eigenvalue weighted by Gasteiger charge is 2.30. The summed E-state index contributed by atoms with van der Waals surface area (Å²) >= 11 is 0. The molecule has 172 valence electrons. The topological polar surface area (TPSA) is 52.6 Å². The molecule has 0 saturated carbocycles. The summed E-state index contributed by atoms with van der Waals surface area (Å²) in [5.74, 6) is 0.783. The Hall–Kier alpha value is -1.74. The van der Waals surface area contributed by atoms with E-state index in [-0.39, 0.29) is 11.9 Å². The van der Waals surface area contributed by atoms with Crippen LogP contribution in [0.1, 0.15) is 24.9 Å². The summed E-state index contributed by atoms with van der Waals surface area (Å²) < 4.78 is 24.6. The van der Waals surface area contributed by atoms with Gasteiger partial charge in [0.05, 0.1) is 39.0 Å². The largest absolute Gasteiger partial charge is 0.379 e. The van der Waals surface area contributed by atoms with Gasteiger partial charge in [-0.2, -0.15) is 0 Å². The average Bonchev–Trinajstić information content (AvgIpc) is 3.31. The van der Waals surface area contributed by atoms with Crippen molar-refractivity contribution in [1.82, 2.24) is 20.0 Å². The van der Waals surface area contributed by atoms with Gasteiger partial charge in [0.25, 0.3) is 0 Å². The molecule has 3 aliphatic heterocycles. The van der Waals surface area contributed by atoms with Crippen LogP contribution in [0, 0.1) is 5.82 Å². The molecule has 0 aliphatic carbocycles. The molecule has 4 rings (SSSR count). The molecule has 0 radical (unpaired) electrons. The van der Waals surface area contributed by atoms with Gasteiger partial charge in [-0.3, -0.25) is 14.8 Å². The van der Waals surface area contributed by atoms with E-state index in [2.05, 4.69) is 26.9 Å². The SMILES string of the molecule is CCNC(=NCC(c1ccc(F)cc1)N1CCOCC1)N1CCC(N2CCOCC2)C1. The summed E-state index contributed by atoms with van der Waals surface area (Å²) in [7, 11) is 0. The van der Waals surface area contributed by atoms with Crippen LogP contribution in [-0.2, 0) is 9.47 Å². The van der Waals surface area contributed by atoms with Crippen LogP contribution in [-0.4, -0.2) is 105 Å². The minimum absolute atomic E-state index is 0.121. The maximum atomic E-state index is 13.5. The second kappa shape index (κ2) is 11.2. The fourth-order valence-corrected chi connectivity index (χ4v) is 4.78. The van der Waals surface area contributed by atoms with Crippen molar-refractivity contribution in [3.05, 3.63) is 35.6 Å². The average molecular weight is 434 g/mol. The second-order valence-electron chi connectivity index (χ2n) is 8.45. The lowest BCUT2D eigenvalue weighted by Gasteiger charge is -2.34. The third-order valence-corrected chi connectivity index (χ3v) is 6.52. The lowest BCUT2D eigenvalue weighted by molar-refractivity contribution is 0.0178. The molecule has 3 heterocycles. The molecule has 1 aromatic carbocycles. The Morgan fingerprint density at radius 3 is 2.42 bits per heavy atom. The standard InChI is InChI=1S/C23H36FN5O2/c1-2-25-23(29-8-7-21(18-29)27-9-13-30-14-10-27)26-17-22(28-11-15-31-16-12-28)19-3-5-20(24)6-4-19/h3-6,21-22H,2,7-18H2,1H3,(H,25,26). The molecule has 8 heteroatoms. The van der Waals surface area contributed by atoms with Gasteiger partial charge >= 0.3 is 0 Å². The van der Waals surface area contributed by atoms with E-state index in [0.717, 1.165) is 90.2 Å². The molecule has 31 heavy (non-hydrogen) atoms. The van der Waals surface area contributed by atoms with E-state index in [4.69, 9.17) is 14.5 Å². The van der Waals surface area contributed by atoms with Crippen molar-refractivity contribution < 1.29 is 13.9 Å². The summed E-state index contributed by atoms with van der Waals surface area (Å²) in [5.41, 5.74) is 1.11. The number of morpholine rings is 2. The lowest BCUT2D eigenvalue weighted by Crippen LogP contribution is -2.47.